The molecule has 0 aromatic rings. The lowest BCUT2D eigenvalue weighted by Crippen LogP contribution is -2.15. The van der Waals surface area contributed by atoms with Crippen molar-refractivity contribution in [1.82, 2.24) is 5.32 Å². The Kier molecular flexibility index (Phi) is 1.52. The summed E-state index contributed by atoms with van der Waals surface area (Å²) in [5.74, 6) is 0. The van der Waals surface area contributed by atoms with Crippen LogP contribution in [0.15, 0.2) is 0 Å². The van der Waals surface area contributed by atoms with Crippen molar-refractivity contribution in [3.63, 3.8) is 0 Å². The monoisotopic (exact) mass is 121 g/mol. The van der Waals surface area contributed by atoms with Gasteiger partial charge in [0.05, 0.1) is 6.10 Å². The topological polar surface area (TPSA) is 21.3 Å². The van der Waals surface area contributed by atoms with Crippen molar-refractivity contribution in [2.45, 2.75) is 18.7 Å². The highest BCUT2D eigenvalue weighted by Gasteiger charge is 2.16. The van der Waals surface area contributed by atoms with Crippen molar-refractivity contribution >= 4 is 11.6 Å². The molecule has 1 aliphatic heterocycles. The van der Waals surface area contributed by atoms with E-state index in [0.29, 0.717) is 0 Å². The van der Waals surface area contributed by atoms with Gasteiger partial charge in [-0.05, 0) is 6.92 Å². The molecule has 1 saturated heterocycles. The summed E-state index contributed by atoms with van der Waals surface area (Å²) in [5.41, 5.74) is -0.255. The minimum absolute atomic E-state index is 0.255. The van der Waals surface area contributed by atoms with E-state index < -0.39 is 0 Å². The lowest BCUT2D eigenvalue weighted by Gasteiger charge is -1.97. The second-order valence-corrected chi connectivity index (χ2v) is 2.07. The molecule has 2 unspecified atom stereocenters. The van der Waals surface area contributed by atoms with Crippen molar-refractivity contribution in [2.75, 3.05) is 6.54 Å². The molecule has 2 atom stereocenters. The SMILES string of the molecule is CC1CNC(Cl)O1. The first-order valence-corrected chi connectivity index (χ1v) is 2.75. The molecule has 2 nitrogen and oxygen atoms in total. The summed E-state index contributed by atoms with van der Waals surface area (Å²) in [6.07, 6.45) is 0.280. The second-order valence-electron chi connectivity index (χ2n) is 1.67. The van der Waals surface area contributed by atoms with Gasteiger partial charge in [-0.15, -0.1) is 0 Å². The van der Waals surface area contributed by atoms with Gasteiger partial charge in [0, 0.05) is 6.54 Å². The van der Waals surface area contributed by atoms with Gasteiger partial charge in [0.1, 0.15) is 0 Å². The Labute approximate surface area is 47.8 Å². The summed E-state index contributed by atoms with van der Waals surface area (Å²) in [5, 5.41) is 2.91. The first-order chi connectivity index (χ1) is 3.29. The predicted molar refractivity (Wildman–Crippen MR) is 28.2 cm³/mol. The molecule has 0 radical (unpaired) electrons. The molecule has 0 saturated carbocycles. The molecule has 0 amide bonds. The highest BCUT2D eigenvalue weighted by atomic mass is 35.5. The smallest absolute Gasteiger partial charge is 0.185 e. The third-order valence-electron chi connectivity index (χ3n) is 0.918. The summed E-state index contributed by atoms with van der Waals surface area (Å²) in [6, 6.07) is 0. The normalized spacial score (nSPS) is 42.0. The number of hydrogen-bond donors (Lipinski definition) is 1. The Hall–Kier alpha value is 0.210. The van der Waals surface area contributed by atoms with E-state index >= 15 is 0 Å². The highest BCUT2D eigenvalue weighted by Crippen LogP contribution is 2.05. The van der Waals surface area contributed by atoms with Crippen molar-refractivity contribution < 1.29 is 4.74 Å². The number of rotatable bonds is 0. The van der Waals surface area contributed by atoms with E-state index in [4.69, 9.17) is 16.3 Å². The van der Waals surface area contributed by atoms with Gasteiger partial charge in [0.2, 0.25) is 0 Å². The van der Waals surface area contributed by atoms with Crippen LogP contribution in [0.4, 0.5) is 0 Å². The third kappa shape index (κ3) is 1.30. The van der Waals surface area contributed by atoms with Gasteiger partial charge in [-0.25, -0.2) is 0 Å². The van der Waals surface area contributed by atoms with Crippen LogP contribution in [-0.4, -0.2) is 18.3 Å². The molecule has 7 heavy (non-hydrogen) atoms. The van der Waals surface area contributed by atoms with E-state index in [9.17, 15) is 0 Å². The van der Waals surface area contributed by atoms with Crippen LogP contribution in [0.1, 0.15) is 6.92 Å². The van der Waals surface area contributed by atoms with Gasteiger partial charge in [0.25, 0.3) is 0 Å². The zero-order valence-corrected chi connectivity index (χ0v) is 4.90. The van der Waals surface area contributed by atoms with E-state index in [1.54, 1.807) is 0 Å². The number of nitrogens with one attached hydrogen (secondary N) is 1. The van der Waals surface area contributed by atoms with Gasteiger partial charge >= 0.3 is 0 Å². The van der Waals surface area contributed by atoms with E-state index in [-0.39, 0.29) is 11.8 Å². The number of hydrogen-bond acceptors (Lipinski definition) is 2. The molecule has 0 spiro atoms. The van der Waals surface area contributed by atoms with Crippen molar-refractivity contribution in [2.24, 2.45) is 0 Å². The maximum Gasteiger partial charge on any atom is 0.185 e. The summed E-state index contributed by atoms with van der Waals surface area (Å²) in [4.78, 5) is 0. The first-order valence-electron chi connectivity index (χ1n) is 2.32. The van der Waals surface area contributed by atoms with Crippen LogP contribution in [0.2, 0.25) is 0 Å². The van der Waals surface area contributed by atoms with Crippen molar-refractivity contribution in [1.29, 1.82) is 0 Å². The van der Waals surface area contributed by atoms with E-state index in [0.717, 1.165) is 6.54 Å². The maximum absolute atomic E-state index is 5.47. The van der Waals surface area contributed by atoms with Gasteiger partial charge < -0.3 is 4.74 Å². The molecule has 1 rings (SSSR count). The van der Waals surface area contributed by atoms with E-state index in [1.165, 1.54) is 0 Å². The summed E-state index contributed by atoms with van der Waals surface area (Å²) in [7, 11) is 0. The lowest BCUT2D eigenvalue weighted by atomic mass is 10.4. The minimum Gasteiger partial charge on any atom is -0.345 e. The molecule has 0 aliphatic carbocycles. The summed E-state index contributed by atoms with van der Waals surface area (Å²) < 4.78 is 5.02. The lowest BCUT2D eigenvalue weighted by molar-refractivity contribution is 0.101. The van der Waals surface area contributed by atoms with E-state index in [2.05, 4.69) is 5.32 Å². The quantitative estimate of drug-likeness (QED) is 0.373. The molecular formula is C4H8ClNO. The Morgan fingerprint density at radius 1 is 1.86 bits per heavy atom. The first kappa shape index (κ1) is 5.35. The summed E-state index contributed by atoms with van der Waals surface area (Å²) >= 11 is 5.47. The molecule has 0 aromatic heterocycles. The van der Waals surface area contributed by atoms with Gasteiger partial charge in [0.15, 0.2) is 5.69 Å². The molecule has 0 bridgehead atoms. The van der Waals surface area contributed by atoms with Crippen LogP contribution < -0.4 is 5.32 Å². The minimum atomic E-state index is -0.255. The average molecular weight is 122 g/mol. The third-order valence-corrected chi connectivity index (χ3v) is 1.17. The van der Waals surface area contributed by atoms with Gasteiger partial charge in [-0.2, -0.15) is 0 Å². The van der Waals surface area contributed by atoms with E-state index in [1.807, 2.05) is 6.92 Å². The number of alkyl halides is 1. The highest BCUT2D eigenvalue weighted by molar-refractivity contribution is 6.19. The van der Waals surface area contributed by atoms with Gasteiger partial charge in [-0.3, -0.25) is 5.32 Å². The molecule has 3 heteroatoms. The van der Waals surface area contributed by atoms with Crippen LogP contribution >= 0.6 is 11.6 Å². The average Bonchev–Trinajstić information content (AvgIpc) is 1.87. The molecule has 1 N–H and O–H groups in total. The largest absolute Gasteiger partial charge is 0.345 e. The predicted octanol–water partition coefficient (Wildman–Crippen LogP) is 0.517. The Bertz CT molecular complexity index is 60.7. The molecule has 42 valence electrons. The fourth-order valence-corrected chi connectivity index (χ4v) is 0.823. The Balaban J connectivity index is 2.26. The zero-order chi connectivity index (χ0) is 5.28. The molecular weight excluding hydrogens is 114 g/mol. The fourth-order valence-electron chi connectivity index (χ4n) is 0.559. The fraction of sp³-hybridized carbons (Fsp3) is 1.00. The van der Waals surface area contributed by atoms with Gasteiger partial charge in [-0.1, -0.05) is 11.6 Å². The van der Waals surface area contributed by atoms with Crippen LogP contribution in [0.3, 0.4) is 0 Å². The standard InChI is InChI=1S/C4H8ClNO/c1-3-2-6-4(5)7-3/h3-4,6H,2H2,1H3. The van der Waals surface area contributed by atoms with Crippen molar-refractivity contribution in [3.05, 3.63) is 0 Å². The Morgan fingerprint density at radius 3 is 2.71 bits per heavy atom. The van der Waals surface area contributed by atoms with Crippen LogP contribution in [0, 0.1) is 0 Å². The zero-order valence-electron chi connectivity index (χ0n) is 4.15. The summed E-state index contributed by atoms with van der Waals surface area (Å²) in [6.45, 7) is 2.85. The van der Waals surface area contributed by atoms with Crippen LogP contribution in [0.5, 0.6) is 0 Å². The maximum atomic E-state index is 5.47. The number of ether oxygens (including phenoxy) is 1. The van der Waals surface area contributed by atoms with Crippen LogP contribution in [-0.2, 0) is 4.74 Å². The molecule has 1 fully saturated rings. The molecule has 1 heterocycles. The van der Waals surface area contributed by atoms with Crippen LogP contribution in [0.25, 0.3) is 0 Å². The number of halogens is 1. The Morgan fingerprint density at radius 2 is 2.57 bits per heavy atom. The van der Waals surface area contributed by atoms with Crippen molar-refractivity contribution in [3.8, 4) is 0 Å². The second kappa shape index (κ2) is 1.99. The molecule has 1 aliphatic rings. The molecule has 0 aromatic carbocycles.